The van der Waals surface area contributed by atoms with E-state index in [1.807, 2.05) is 0 Å². The fourth-order valence-corrected chi connectivity index (χ4v) is 1.80. The van der Waals surface area contributed by atoms with Crippen LogP contribution in [0, 0.1) is 17.0 Å². The van der Waals surface area contributed by atoms with Gasteiger partial charge in [-0.1, -0.05) is 0 Å². The molecule has 2 N–H and O–H groups in total. The van der Waals surface area contributed by atoms with E-state index in [2.05, 4.69) is 15.0 Å². The summed E-state index contributed by atoms with van der Waals surface area (Å²) in [6.45, 7) is 1.71. The molecule has 0 radical (unpaired) electrons. The second-order valence-electron chi connectivity index (χ2n) is 3.56. The van der Waals surface area contributed by atoms with Crippen molar-refractivity contribution in [3.05, 3.63) is 27.9 Å². The Labute approximate surface area is 105 Å². The van der Waals surface area contributed by atoms with Crippen LogP contribution in [0.4, 0.5) is 11.5 Å². The molecule has 0 aliphatic rings. The third kappa shape index (κ3) is 3.93. The molecule has 1 aromatic heterocycles. The van der Waals surface area contributed by atoms with E-state index in [1.165, 1.54) is 19.3 Å². The van der Waals surface area contributed by atoms with Crippen LogP contribution >= 0.6 is 0 Å². The Balaban J connectivity index is 2.69. The van der Waals surface area contributed by atoms with Crippen LogP contribution in [0.2, 0.25) is 0 Å². The first-order valence-corrected chi connectivity index (χ1v) is 6.77. The van der Waals surface area contributed by atoms with E-state index in [1.54, 1.807) is 6.92 Å². The molecular formula is C9H14N4O4S. The van der Waals surface area contributed by atoms with E-state index in [9.17, 15) is 18.5 Å². The van der Waals surface area contributed by atoms with Gasteiger partial charge in [0, 0.05) is 18.3 Å². The number of sulfonamides is 1. The molecule has 100 valence electrons. The summed E-state index contributed by atoms with van der Waals surface area (Å²) in [6, 6.07) is 1.28. The average molecular weight is 274 g/mol. The van der Waals surface area contributed by atoms with Crippen molar-refractivity contribution in [2.45, 2.75) is 6.92 Å². The summed E-state index contributed by atoms with van der Waals surface area (Å²) in [5.41, 5.74) is 0.400. The van der Waals surface area contributed by atoms with Crippen molar-refractivity contribution in [1.29, 1.82) is 0 Å². The highest BCUT2D eigenvalue weighted by Crippen LogP contribution is 2.19. The van der Waals surface area contributed by atoms with Crippen LogP contribution in [0.3, 0.4) is 0 Å². The summed E-state index contributed by atoms with van der Waals surface area (Å²) in [7, 11) is -1.97. The number of nitrogens with one attached hydrogen (secondary N) is 2. The van der Waals surface area contributed by atoms with Crippen molar-refractivity contribution in [2.75, 3.05) is 24.7 Å². The number of anilines is 1. The van der Waals surface area contributed by atoms with E-state index in [0.29, 0.717) is 5.56 Å². The van der Waals surface area contributed by atoms with E-state index < -0.39 is 14.9 Å². The van der Waals surface area contributed by atoms with E-state index >= 15 is 0 Å². The maximum atomic E-state index is 11.1. The first-order chi connectivity index (χ1) is 8.35. The number of aryl methyl sites for hydroxylation is 1. The molecule has 1 rings (SSSR count). The molecule has 0 aromatic carbocycles. The Morgan fingerprint density at radius 2 is 2.17 bits per heavy atom. The number of nitro groups is 1. The summed E-state index contributed by atoms with van der Waals surface area (Å²) in [5, 5.41) is 13.4. The molecular weight excluding hydrogens is 260 g/mol. The molecule has 0 aliphatic heterocycles. The van der Waals surface area contributed by atoms with Crippen LogP contribution in [0.25, 0.3) is 0 Å². The summed E-state index contributed by atoms with van der Waals surface area (Å²) < 4.78 is 24.4. The topological polar surface area (TPSA) is 114 Å². The second-order valence-corrected chi connectivity index (χ2v) is 5.61. The smallest absolute Gasteiger partial charge is 0.277 e. The molecule has 0 bridgehead atoms. The molecule has 0 spiro atoms. The van der Waals surface area contributed by atoms with Gasteiger partial charge in [0.2, 0.25) is 10.0 Å². The third-order valence-corrected chi connectivity index (χ3v) is 3.62. The standard InChI is InChI=1S/C9H14N4O4S/c1-7-6-12-9(5-8(7)13(14)15)11-3-4-18(16,17)10-2/h5-6,10H,3-4H2,1-2H3,(H,11,12). The van der Waals surface area contributed by atoms with Gasteiger partial charge in [-0.25, -0.2) is 18.1 Å². The molecule has 0 atom stereocenters. The molecule has 8 nitrogen and oxygen atoms in total. The van der Waals surface area contributed by atoms with Crippen molar-refractivity contribution in [3.8, 4) is 0 Å². The van der Waals surface area contributed by atoms with Crippen molar-refractivity contribution in [3.63, 3.8) is 0 Å². The van der Waals surface area contributed by atoms with Crippen LogP contribution in [-0.4, -0.2) is 37.7 Å². The molecule has 0 saturated heterocycles. The molecule has 0 unspecified atom stereocenters. The number of aromatic nitrogens is 1. The monoisotopic (exact) mass is 274 g/mol. The zero-order valence-corrected chi connectivity index (χ0v) is 10.8. The summed E-state index contributed by atoms with van der Waals surface area (Å²) in [5.74, 6) is 0.144. The zero-order chi connectivity index (χ0) is 13.8. The van der Waals surface area contributed by atoms with E-state index in [-0.39, 0.29) is 23.8 Å². The average Bonchev–Trinajstić information content (AvgIpc) is 2.31. The number of hydrogen-bond donors (Lipinski definition) is 2. The predicted molar refractivity (Wildman–Crippen MR) is 67.0 cm³/mol. The first-order valence-electron chi connectivity index (χ1n) is 5.12. The molecule has 18 heavy (non-hydrogen) atoms. The SMILES string of the molecule is CNS(=O)(=O)CCNc1cc([N+](=O)[O-])c(C)cn1. The maximum Gasteiger partial charge on any atom is 0.277 e. The van der Waals surface area contributed by atoms with Crippen molar-refractivity contribution in [2.24, 2.45) is 0 Å². The van der Waals surface area contributed by atoms with Gasteiger partial charge < -0.3 is 5.32 Å². The quantitative estimate of drug-likeness (QED) is 0.568. The number of hydrogen-bond acceptors (Lipinski definition) is 6. The zero-order valence-electron chi connectivity index (χ0n) is 10.0. The maximum absolute atomic E-state index is 11.1. The van der Waals surface area contributed by atoms with Gasteiger partial charge in [0.05, 0.1) is 16.7 Å². The Morgan fingerprint density at radius 1 is 1.50 bits per heavy atom. The molecule has 1 aromatic rings. The van der Waals surface area contributed by atoms with Gasteiger partial charge in [0.1, 0.15) is 5.82 Å². The molecule has 0 saturated carbocycles. The summed E-state index contributed by atoms with van der Waals surface area (Å²) in [4.78, 5) is 14.1. The molecule has 0 fully saturated rings. The predicted octanol–water partition coefficient (Wildman–Crippen LogP) is 0.259. The molecule has 0 amide bonds. The highest BCUT2D eigenvalue weighted by Gasteiger charge is 2.12. The number of nitrogens with zero attached hydrogens (tertiary/aromatic N) is 2. The third-order valence-electron chi connectivity index (χ3n) is 2.26. The van der Waals surface area contributed by atoms with Gasteiger partial charge in [-0.05, 0) is 14.0 Å². The van der Waals surface area contributed by atoms with E-state index in [4.69, 9.17) is 0 Å². The molecule has 0 aliphatic carbocycles. The van der Waals surface area contributed by atoms with Gasteiger partial charge >= 0.3 is 0 Å². The van der Waals surface area contributed by atoms with Crippen molar-refractivity contribution in [1.82, 2.24) is 9.71 Å². The largest absolute Gasteiger partial charge is 0.369 e. The van der Waals surface area contributed by atoms with Crippen LogP contribution < -0.4 is 10.0 Å². The summed E-state index contributed by atoms with van der Waals surface area (Å²) in [6.07, 6.45) is 1.37. The molecule has 9 heteroatoms. The lowest BCUT2D eigenvalue weighted by atomic mass is 10.2. The van der Waals surface area contributed by atoms with Gasteiger partial charge in [-0.3, -0.25) is 10.1 Å². The van der Waals surface area contributed by atoms with Crippen molar-refractivity contribution >= 4 is 21.5 Å². The van der Waals surface area contributed by atoms with Crippen LogP contribution in [0.1, 0.15) is 5.56 Å². The Hall–Kier alpha value is -1.74. The normalized spacial score (nSPS) is 11.2. The lowest BCUT2D eigenvalue weighted by molar-refractivity contribution is -0.385. The minimum Gasteiger partial charge on any atom is -0.369 e. The van der Waals surface area contributed by atoms with Crippen LogP contribution in [0.5, 0.6) is 0 Å². The highest BCUT2D eigenvalue weighted by atomic mass is 32.2. The Morgan fingerprint density at radius 3 is 2.72 bits per heavy atom. The lowest BCUT2D eigenvalue weighted by Crippen LogP contribution is -2.26. The van der Waals surface area contributed by atoms with Gasteiger partial charge in [-0.15, -0.1) is 0 Å². The Bertz CT molecular complexity index is 543. The van der Waals surface area contributed by atoms with E-state index in [0.717, 1.165) is 0 Å². The fraction of sp³-hybridized carbons (Fsp3) is 0.444. The van der Waals surface area contributed by atoms with Gasteiger partial charge in [-0.2, -0.15) is 0 Å². The highest BCUT2D eigenvalue weighted by molar-refractivity contribution is 7.89. The minimum atomic E-state index is -3.30. The minimum absolute atomic E-state index is 0.0519. The number of rotatable bonds is 6. The Kier molecular flexibility index (Phi) is 4.56. The first kappa shape index (κ1) is 14.3. The summed E-state index contributed by atoms with van der Waals surface area (Å²) >= 11 is 0. The molecule has 1 heterocycles. The lowest BCUT2D eigenvalue weighted by Gasteiger charge is -2.06. The van der Waals surface area contributed by atoms with Crippen LogP contribution in [-0.2, 0) is 10.0 Å². The van der Waals surface area contributed by atoms with Gasteiger partial charge in [0.15, 0.2) is 0 Å². The van der Waals surface area contributed by atoms with Crippen LogP contribution in [0.15, 0.2) is 12.3 Å². The van der Waals surface area contributed by atoms with Crippen molar-refractivity contribution < 1.29 is 13.3 Å². The second kappa shape index (κ2) is 5.74. The fourth-order valence-electron chi connectivity index (χ4n) is 1.22. The number of pyridine rings is 1. The van der Waals surface area contributed by atoms with Gasteiger partial charge in [0.25, 0.3) is 5.69 Å².